The summed E-state index contributed by atoms with van der Waals surface area (Å²) in [4.78, 5) is 28.7. The van der Waals surface area contributed by atoms with E-state index < -0.39 is 28.5 Å². The van der Waals surface area contributed by atoms with Gasteiger partial charge in [0.05, 0.1) is 15.6 Å². The molecule has 10 heteroatoms. The highest BCUT2D eigenvalue weighted by Gasteiger charge is 2.34. The number of nitrogens with one attached hydrogen (secondary N) is 1. The number of rotatable bonds is 10. The molecule has 1 saturated carbocycles. The zero-order valence-corrected chi connectivity index (χ0v) is 24.8. The van der Waals surface area contributed by atoms with Crippen LogP contribution in [0.3, 0.4) is 0 Å². The van der Waals surface area contributed by atoms with Gasteiger partial charge in [-0.15, -0.1) is 0 Å². The first-order chi connectivity index (χ1) is 18.7. The van der Waals surface area contributed by atoms with Crippen molar-refractivity contribution in [3.05, 3.63) is 93.9 Å². The van der Waals surface area contributed by atoms with Crippen LogP contribution in [0.2, 0.25) is 5.02 Å². The molecule has 0 spiro atoms. The molecule has 1 atom stereocenters. The van der Waals surface area contributed by atoms with E-state index in [-0.39, 0.29) is 34.1 Å². The van der Waals surface area contributed by atoms with Crippen LogP contribution < -0.4 is 9.62 Å². The van der Waals surface area contributed by atoms with Crippen molar-refractivity contribution in [1.29, 1.82) is 0 Å². The van der Waals surface area contributed by atoms with Gasteiger partial charge in [0.25, 0.3) is 10.0 Å². The maximum absolute atomic E-state index is 14.0. The Morgan fingerprint density at radius 1 is 1.00 bits per heavy atom. The fourth-order valence-corrected chi connectivity index (χ4v) is 6.88. The highest BCUT2D eigenvalue weighted by molar-refractivity contribution is 9.10. The number of halogens is 2. The Kier molecular flexibility index (Phi) is 9.69. The Bertz CT molecular complexity index is 1410. The van der Waals surface area contributed by atoms with Gasteiger partial charge in [0.1, 0.15) is 12.6 Å². The van der Waals surface area contributed by atoms with Gasteiger partial charge in [-0.25, -0.2) is 8.42 Å². The molecular weight excluding hydrogens is 602 g/mol. The fraction of sp³-hybridized carbons (Fsp3) is 0.310. The average Bonchev–Trinajstić information content (AvgIpc) is 3.44. The molecule has 1 fully saturated rings. The summed E-state index contributed by atoms with van der Waals surface area (Å²) in [6, 6.07) is 21.1. The quantitative estimate of drug-likeness (QED) is 0.307. The van der Waals surface area contributed by atoms with Gasteiger partial charge < -0.3 is 10.2 Å². The van der Waals surface area contributed by atoms with Crippen molar-refractivity contribution in [3.63, 3.8) is 0 Å². The lowest BCUT2D eigenvalue weighted by Gasteiger charge is -2.32. The van der Waals surface area contributed by atoms with E-state index in [1.54, 1.807) is 49.4 Å². The second-order valence-corrected chi connectivity index (χ2v) is 12.8. The van der Waals surface area contributed by atoms with Crippen LogP contribution in [0.15, 0.2) is 88.2 Å². The van der Waals surface area contributed by atoms with Crippen molar-refractivity contribution in [3.8, 4) is 0 Å². The van der Waals surface area contributed by atoms with Gasteiger partial charge in [0.15, 0.2) is 0 Å². The largest absolute Gasteiger partial charge is 0.352 e. The number of sulfonamides is 1. The first-order valence-corrected chi connectivity index (χ1v) is 15.4. The Labute approximate surface area is 243 Å². The Hall–Kier alpha value is -2.88. The van der Waals surface area contributed by atoms with Crippen LogP contribution in [-0.4, -0.2) is 43.8 Å². The van der Waals surface area contributed by atoms with Gasteiger partial charge >= 0.3 is 0 Å². The van der Waals surface area contributed by atoms with E-state index in [1.807, 2.05) is 24.3 Å². The van der Waals surface area contributed by atoms with Crippen LogP contribution in [0.5, 0.6) is 0 Å². The van der Waals surface area contributed by atoms with Gasteiger partial charge in [0, 0.05) is 17.1 Å². The van der Waals surface area contributed by atoms with Crippen molar-refractivity contribution in [1.82, 2.24) is 10.2 Å². The van der Waals surface area contributed by atoms with E-state index in [1.165, 1.54) is 17.0 Å². The number of hydrogen-bond donors (Lipinski definition) is 1. The summed E-state index contributed by atoms with van der Waals surface area (Å²) in [7, 11) is -4.16. The Balaban J connectivity index is 1.69. The van der Waals surface area contributed by atoms with Gasteiger partial charge in [-0.1, -0.05) is 82.8 Å². The molecule has 206 valence electrons. The molecule has 0 heterocycles. The molecule has 1 N–H and O–H groups in total. The molecule has 3 aromatic rings. The van der Waals surface area contributed by atoms with Crippen LogP contribution in [0.25, 0.3) is 0 Å². The maximum atomic E-state index is 14.0. The van der Waals surface area contributed by atoms with Gasteiger partial charge in [-0.05, 0) is 61.7 Å². The van der Waals surface area contributed by atoms with E-state index in [0.29, 0.717) is 0 Å². The maximum Gasteiger partial charge on any atom is 0.264 e. The molecule has 3 aromatic carbocycles. The molecule has 0 aromatic heterocycles. The molecule has 2 amide bonds. The third kappa shape index (κ3) is 7.21. The number of nitrogens with zero attached hydrogens (tertiary/aromatic N) is 2. The van der Waals surface area contributed by atoms with Crippen molar-refractivity contribution in [2.45, 2.75) is 56.1 Å². The minimum Gasteiger partial charge on any atom is -0.352 e. The van der Waals surface area contributed by atoms with Crippen LogP contribution >= 0.6 is 27.5 Å². The zero-order valence-electron chi connectivity index (χ0n) is 21.6. The third-order valence-corrected chi connectivity index (χ3v) is 9.43. The van der Waals surface area contributed by atoms with Gasteiger partial charge in [0.2, 0.25) is 11.8 Å². The highest BCUT2D eigenvalue weighted by Crippen LogP contribution is 2.31. The summed E-state index contributed by atoms with van der Waals surface area (Å²) in [5, 5.41) is 3.26. The number of benzene rings is 3. The average molecular weight is 633 g/mol. The number of para-hydroxylation sites is 1. The predicted octanol–water partition coefficient (Wildman–Crippen LogP) is 5.77. The summed E-state index contributed by atoms with van der Waals surface area (Å²) >= 11 is 9.89. The molecule has 1 aliphatic carbocycles. The molecule has 0 radical (unpaired) electrons. The lowest BCUT2D eigenvalue weighted by molar-refractivity contribution is -0.139. The number of anilines is 1. The standard InChI is InChI=1S/C29H31BrClN3O4S/c1-21(29(36)32-24-12-5-6-13-24)33(19-22-10-9-11-23(30)18-22)28(35)20-34(27-17-8-7-16-26(27)31)39(37,38)25-14-3-2-4-15-25/h2-4,7-11,14-18,21,24H,5-6,12-13,19-20H2,1H3,(H,32,36)/t21-/m0/s1. The predicted molar refractivity (Wildman–Crippen MR) is 157 cm³/mol. The van der Waals surface area contributed by atoms with E-state index in [2.05, 4.69) is 21.2 Å². The summed E-state index contributed by atoms with van der Waals surface area (Å²) < 4.78 is 29.4. The number of hydrogen-bond acceptors (Lipinski definition) is 4. The molecular formula is C29H31BrClN3O4S. The topological polar surface area (TPSA) is 86.8 Å². The molecule has 0 bridgehead atoms. The first kappa shape index (κ1) is 29.1. The SMILES string of the molecule is C[C@@H](C(=O)NC1CCCC1)N(Cc1cccc(Br)c1)C(=O)CN(c1ccccc1Cl)S(=O)(=O)c1ccccc1. The summed E-state index contributed by atoms with van der Waals surface area (Å²) in [6.07, 6.45) is 3.94. The molecule has 1 aliphatic rings. The van der Waals surface area contributed by atoms with Crippen molar-refractivity contribution in [2.75, 3.05) is 10.8 Å². The molecule has 0 unspecified atom stereocenters. The Morgan fingerprint density at radius 2 is 1.67 bits per heavy atom. The molecule has 39 heavy (non-hydrogen) atoms. The van der Waals surface area contributed by atoms with Crippen LogP contribution in [0.1, 0.15) is 38.2 Å². The summed E-state index contributed by atoms with van der Waals surface area (Å²) in [5.41, 5.74) is 0.982. The van der Waals surface area contributed by atoms with Crippen LogP contribution in [-0.2, 0) is 26.2 Å². The van der Waals surface area contributed by atoms with Gasteiger partial charge in [-0.3, -0.25) is 13.9 Å². The smallest absolute Gasteiger partial charge is 0.264 e. The minimum absolute atomic E-state index is 0.0308. The second-order valence-electron chi connectivity index (χ2n) is 9.59. The second kappa shape index (κ2) is 13.0. The number of carbonyl (C=O) groups is 2. The molecule has 4 rings (SSSR count). The fourth-order valence-electron chi connectivity index (χ4n) is 4.69. The van der Waals surface area contributed by atoms with Crippen LogP contribution in [0, 0.1) is 0 Å². The normalized spacial score (nSPS) is 14.5. The lowest BCUT2D eigenvalue weighted by Crippen LogP contribution is -2.52. The first-order valence-electron chi connectivity index (χ1n) is 12.8. The Morgan fingerprint density at radius 3 is 2.33 bits per heavy atom. The van der Waals surface area contributed by atoms with Crippen molar-refractivity contribution >= 4 is 55.1 Å². The minimum atomic E-state index is -4.16. The lowest BCUT2D eigenvalue weighted by atomic mass is 10.1. The molecule has 7 nitrogen and oxygen atoms in total. The highest BCUT2D eigenvalue weighted by atomic mass is 79.9. The van der Waals surface area contributed by atoms with E-state index in [0.717, 1.165) is 40.0 Å². The van der Waals surface area contributed by atoms with Gasteiger partial charge in [-0.2, -0.15) is 0 Å². The molecule has 0 aliphatic heterocycles. The van der Waals surface area contributed by atoms with Crippen molar-refractivity contribution in [2.24, 2.45) is 0 Å². The summed E-state index contributed by atoms with van der Waals surface area (Å²) in [5.74, 6) is -0.788. The van der Waals surface area contributed by atoms with E-state index in [9.17, 15) is 18.0 Å². The zero-order chi connectivity index (χ0) is 28.0. The third-order valence-electron chi connectivity index (χ3n) is 6.84. The summed E-state index contributed by atoms with van der Waals surface area (Å²) in [6.45, 7) is 1.26. The van der Waals surface area contributed by atoms with E-state index in [4.69, 9.17) is 11.6 Å². The number of carbonyl (C=O) groups excluding carboxylic acids is 2. The number of amides is 2. The molecule has 0 saturated heterocycles. The van der Waals surface area contributed by atoms with Crippen molar-refractivity contribution < 1.29 is 18.0 Å². The van der Waals surface area contributed by atoms with Crippen LogP contribution in [0.4, 0.5) is 5.69 Å². The monoisotopic (exact) mass is 631 g/mol. The van der Waals surface area contributed by atoms with E-state index >= 15 is 0 Å².